The molecule has 230 valence electrons. The number of amides is 1. The number of halogens is 3. The van der Waals surface area contributed by atoms with Crippen molar-refractivity contribution in [1.82, 2.24) is 34.3 Å². The molecule has 44 heavy (non-hydrogen) atoms. The minimum atomic E-state index is -4.56. The van der Waals surface area contributed by atoms with E-state index in [1.54, 1.807) is 10.7 Å². The van der Waals surface area contributed by atoms with E-state index < -0.39 is 17.6 Å². The van der Waals surface area contributed by atoms with Gasteiger partial charge in [-0.15, -0.1) is 5.10 Å². The molecule has 0 saturated carbocycles. The molecule has 3 aromatic heterocycles. The second-order valence-corrected chi connectivity index (χ2v) is 11.0. The molecule has 1 fully saturated rings. The van der Waals surface area contributed by atoms with Crippen molar-refractivity contribution < 1.29 is 18.0 Å². The maximum absolute atomic E-state index is 14.0. The second kappa shape index (κ2) is 13.4. The van der Waals surface area contributed by atoms with E-state index in [-0.39, 0.29) is 23.4 Å². The summed E-state index contributed by atoms with van der Waals surface area (Å²) in [4.78, 5) is 27.7. The van der Waals surface area contributed by atoms with E-state index in [0.717, 1.165) is 32.2 Å². The highest BCUT2D eigenvalue weighted by molar-refractivity contribution is 6.04. The molecule has 1 aromatic carbocycles. The second-order valence-electron chi connectivity index (χ2n) is 11.0. The van der Waals surface area contributed by atoms with Crippen LogP contribution < -0.4 is 10.6 Å². The van der Waals surface area contributed by atoms with Crippen molar-refractivity contribution in [2.75, 3.05) is 71.0 Å². The fourth-order valence-corrected chi connectivity index (χ4v) is 4.74. The number of hydrogen-bond donors (Lipinski definition) is 2. The Morgan fingerprint density at radius 2 is 1.82 bits per heavy atom. The number of pyridine rings is 1. The number of alkyl halides is 3. The van der Waals surface area contributed by atoms with Gasteiger partial charge in [-0.1, -0.05) is 12.0 Å². The van der Waals surface area contributed by atoms with Gasteiger partial charge in [-0.3, -0.25) is 14.7 Å². The van der Waals surface area contributed by atoms with Gasteiger partial charge in [-0.05, 0) is 63.0 Å². The lowest BCUT2D eigenvalue weighted by atomic mass is 10.0. The number of nitrogens with zero attached hydrogens (tertiary/aromatic N) is 7. The highest BCUT2D eigenvalue weighted by Gasteiger charge is 2.34. The molecule has 1 amide bonds. The van der Waals surface area contributed by atoms with Crippen LogP contribution in [0.3, 0.4) is 0 Å². The molecule has 0 bridgehead atoms. The van der Waals surface area contributed by atoms with E-state index in [0.29, 0.717) is 35.8 Å². The zero-order valence-electron chi connectivity index (χ0n) is 24.8. The fourth-order valence-electron chi connectivity index (χ4n) is 4.74. The highest BCUT2D eigenvalue weighted by atomic mass is 19.4. The number of fused-ring (bicyclic) bond motifs is 1. The number of anilines is 2. The Kier molecular flexibility index (Phi) is 9.43. The van der Waals surface area contributed by atoms with Crippen molar-refractivity contribution in [1.29, 1.82) is 0 Å². The quantitative estimate of drug-likeness (QED) is 0.295. The average molecular weight is 606 g/mol. The first kappa shape index (κ1) is 30.9. The number of hydrogen-bond acceptors (Lipinski definition) is 8. The molecule has 0 unspecified atom stereocenters. The predicted octanol–water partition coefficient (Wildman–Crippen LogP) is 3.52. The fraction of sp³-hybridized carbons (Fsp3) is 0.355. The molecule has 5 rings (SSSR count). The maximum atomic E-state index is 14.0. The molecule has 4 heterocycles. The van der Waals surface area contributed by atoms with Gasteiger partial charge in [0.2, 0.25) is 0 Å². The first-order valence-electron chi connectivity index (χ1n) is 14.2. The number of nitrogens with one attached hydrogen (secondary N) is 2. The van der Waals surface area contributed by atoms with Crippen LogP contribution in [0.15, 0.2) is 55.0 Å². The first-order valence-corrected chi connectivity index (χ1v) is 14.2. The summed E-state index contributed by atoms with van der Waals surface area (Å²) in [5.74, 6) is 6.08. The molecule has 1 aliphatic rings. The molecular formula is C31H34F3N9O. The number of aromatic nitrogens is 4. The number of carbonyl (C=O) groups excluding carboxylic acids is 1. The Bertz CT molecular complexity index is 1680. The third-order valence-electron chi connectivity index (χ3n) is 7.23. The van der Waals surface area contributed by atoms with Crippen molar-refractivity contribution >= 4 is 23.1 Å². The Morgan fingerprint density at radius 1 is 1.02 bits per heavy atom. The minimum absolute atomic E-state index is 0.0488. The van der Waals surface area contributed by atoms with Crippen molar-refractivity contribution in [2.24, 2.45) is 0 Å². The first-order chi connectivity index (χ1) is 21.0. The van der Waals surface area contributed by atoms with Gasteiger partial charge in [-0.25, -0.2) is 9.50 Å². The lowest BCUT2D eigenvalue weighted by molar-refractivity contribution is -0.138. The lowest BCUT2D eigenvalue weighted by Crippen LogP contribution is -2.44. The van der Waals surface area contributed by atoms with Gasteiger partial charge in [0.25, 0.3) is 5.91 Å². The molecule has 0 aliphatic carbocycles. The molecule has 10 nitrogen and oxygen atoms in total. The molecule has 0 radical (unpaired) electrons. The molecule has 13 heteroatoms. The summed E-state index contributed by atoms with van der Waals surface area (Å²) in [6, 6.07) is 9.14. The topological polar surface area (TPSA) is 93.9 Å². The van der Waals surface area contributed by atoms with Crippen LogP contribution in [-0.4, -0.2) is 101 Å². The van der Waals surface area contributed by atoms with Crippen LogP contribution in [0.5, 0.6) is 0 Å². The van der Waals surface area contributed by atoms with Crippen LogP contribution in [0.4, 0.5) is 24.7 Å². The minimum Gasteiger partial charge on any atom is -0.367 e. The Hall–Kier alpha value is -4.51. The van der Waals surface area contributed by atoms with Crippen molar-refractivity contribution in [3.05, 3.63) is 82.9 Å². The van der Waals surface area contributed by atoms with Gasteiger partial charge in [0.1, 0.15) is 11.5 Å². The number of carbonyl (C=O) groups is 1. The molecule has 1 aliphatic heterocycles. The molecule has 1 saturated heterocycles. The van der Waals surface area contributed by atoms with E-state index >= 15 is 0 Å². The molecule has 0 spiro atoms. The number of piperazine rings is 1. The Morgan fingerprint density at radius 3 is 2.57 bits per heavy atom. The molecular weight excluding hydrogens is 571 g/mol. The molecule has 0 atom stereocenters. The lowest BCUT2D eigenvalue weighted by Gasteiger charge is -2.33. The van der Waals surface area contributed by atoms with E-state index in [4.69, 9.17) is 0 Å². The average Bonchev–Trinajstić information content (AvgIpc) is 3.39. The van der Waals surface area contributed by atoms with Gasteiger partial charge >= 0.3 is 6.18 Å². The molecule has 2 N–H and O–H groups in total. The van der Waals surface area contributed by atoms with Crippen molar-refractivity contribution in [3.63, 3.8) is 0 Å². The summed E-state index contributed by atoms with van der Waals surface area (Å²) >= 11 is 0. The Balaban J connectivity index is 1.29. The van der Waals surface area contributed by atoms with E-state index in [1.807, 2.05) is 38.2 Å². The van der Waals surface area contributed by atoms with Gasteiger partial charge in [0.05, 0.1) is 17.3 Å². The summed E-state index contributed by atoms with van der Waals surface area (Å²) in [6.07, 6.45) is -0.109. The molecule has 4 aromatic rings. The predicted molar refractivity (Wildman–Crippen MR) is 162 cm³/mol. The van der Waals surface area contributed by atoms with Crippen LogP contribution in [0.1, 0.15) is 32.7 Å². The standard InChI is InChI=1S/C31H34F3N9O/c1-40(2)11-10-36-28-8-9-29-37-20-26(43(29)39-28)7-4-22-16-24(19-35-18-22)30(44)38-25-6-5-23(27(17-25)31(32,33)34)21-42-14-12-41(3)13-15-42/h5-6,8-9,16-20H,10-15,21H2,1-3H3,(H,36,39)(H,38,44). The van der Waals surface area contributed by atoms with Crippen LogP contribution >= 0.6 is 0 Å². The van der Waals surface area contributed by atoms with Crippen LogP contribution in [0, 0.1) is 11.8 Å². The van der Waals surface area contributed by atoms with Gasteiger partial charge < -0.3 is 20.4 Å². The summed E-state index contributed by atoms with van der Waals surface area (Å²) < 4.78 is 43.6. The SMILES string of the molecule is CN(C)CCNc1ccc2ncc(C#Cc3cncc(C(=O)Nc4ccc(CN5CCN(C)CC5)c(C(F)(F)F)c4)c3)n2n1. The zero-order chi connectivity index (χ0) is 31.3. The number of rotatable bonds is 8. The summed E-state index contributed by atoms with van der Waals surface area (Å²) in [6.45, 7) is 4.76. The zero-order valence-corrected chi connectivity index (χ0v) is 24.8. The third-order valence-corrected chi connectivity index (χ3v) is 7.23. The van der Waals surface area contributed by atoms with Gasteiger partial charge in [-0.2, -0.15) is 13.2 Å². The summed E-state index contributed by atoms with van der Waals surface area (Å²) in [7, 11) is 5.98. The van der Waals surface area contributed by atoms with Gasteiger partial charge in [0.15, 0.2) is 5.65 Å². The number of imidazole rings is 1. The highest BCUT2D eigenvalue weighted by Crippen LogP contribution is 2.34. The van der Waals surface area contributed by atoms with Crippen molar-refractivity contribution in [3.8, 4) is 11.8 Å². The smallest absolute Gasteiger partial charge is 0.367 e. The van der Waals surface area contributed by atoms with Crippen LogP contribution in [-0.2, 0) is 12.7 Å². The Labute approximate surface area is 253 Å². The van der Waals surface area contributed by atoms with Crippen LogP contribution in [0.25, 0.3) is 5.65 Å². The van der Waals surface area contributed by atoms with Crippen molar-refractivity contribution in [2.45, 2.75) is 12.7 Å². The summed E-state index contributed by atoms with van der Waals surface area (Å²) in [5.41, 5.74) is 1.26. The van der Waals surface area contributed by atoms with Gasteiger partial charge in [0, 0.05) is 69.5 Å². The monoisotopic (exact) mass is 605 g/mol. The van der Waals surface area contributed by atoms with E-state index in [2.05, 4.69) is 47.3 Å². The number of benzene rings is 1. The maximum Gasteiger partial charge on any atom is 0.416 e. The summed E-state index contributed by atoms with van der Waals surface area (Å²) in [5, 5.41) is 10.4. The third kappa shape index (κ3) is 7.90. The largest absolute Gasteiger partial charge is 0.416 e. The number of likely N-dealkylation sites (N-methyl/N-ethyl adjacent to an activating group) is 2. The van der Waals surface area contributed by atoms with Crippen LogP contribution in [0.2, 0.25) is 0 Å². The van der Waals surface area contributed by atoms with E-state index in [9.17, 15) is 18.0 Å². The normalized spacial score (nSPS) is 14.4. The van der Waals surface area contributed by atoms with E-state index in [1.165, 1.54) is 30.6 Å².